The van der Waals surface area contributed by atoms with Crippen molar-refractivity contribution < 1.29 is 27.2 Å². The molecule has 0 radical (unpaired) electrons. The minimum atomic E-state index is -4.85. The number of benzene rings is 1. The summed E-state index contributed by atoms with van der Waals surface area (Å²) < 4.78 is 57.9. The lowest BCUT2D eigenvalue weighted by molar-refractivity contribution is -0.138. The van der Waals surface area contributed by atoms with Gasteiger partial charge in [0.25, 0.3) is 0 Å². The van der Waals surface area contributed by atoms with E-state index in [4.69, 9.17) is 11.6 Å². The van der Waals surface area contributed by atoms with E-state index in [1.54, 1.807) is 41.6 Å². The molecule has 2 aliphatic rings. The summed E-state index contributed by atoms with van der Waals surface area (Å²) >= 11 is 5.85. The van der Waals surface area contributed by atoms with Gasteiger partial charge in [-0.25, -0.2) is 19.0 Å². The van der Waals surface area contributed by atoms with Gasteiger partial charge in [0.15, 0.2) is 0 Å². The van der Waals surface area contributed by atoms with Gasteiger partial charge in [-0.3, -0.25) is 14.6 Å². The summed E-state index contributed by atoms with van der Waals surface area (Å²) in [6, 6.07) is 4.52. The third-order valence-corrected chi connectivity index (χ3v) is 8.33. The maximum absolute atomic E-state index is 15.0. The number of pyridine rings is 1. The van der Waals surface area contributed by atoms with Gasteiger partial charge in [0.2, 0.25) is 11.8 Å². The summed E-state index contributed by atoms with van der Waals surface area (Å²) in [4.78, 5) is 40.9. The Balaban J connectivity index is 1.39. The number of carbonyl (C=O) groups excluding carboxylic acids is 2. The van der Waals surface area contributed by atoms with Gasteiger partial charge < -0.3 is 10.2 Å². The number of hydrogen-bond acceptors (Lipinski definition) is 6. The van der Waals surface area contributed by atoms with Crippen molar-refractivity contribution in [3.63, 3.8) is 0 Å². The van der Waals surface area contributed by atoms with Gasteiger partial charge in [-0.2, -0.15) is 18.3 Å². The molecule has 0 saturated carbocycles. The Morgan fingerprint density at radius 3 is 2.60 bits per heavy atom. The number of anilines is 1. The highest BCUT2D eigenvalue weighted by atomic mass is 35.5. The van der Waals surface area contributed by atoms with Gasteiger partial charge in [-0.1, -0.05) is 24.9 Å². The number of carbonyl (C=O) groups is 2. The number of nitrogens with zero attached hydrogens (tertiary/aromatic N) is 6. The van der Waals surface area contributed by atoms with E-state index in [1.807, 2.05) is 6.92 Å². The molecule has 0 aliphatic carbocycles. The van der Waals surface area contributed by atoms with E-state index in [1.165, 1.54) is 11.2 Å². The molecular weight excluding hydrogens is 614 g/mol. The zero-order valence-corrected chi connectivity index (χ0v) is 24.6. The van der Waals surface area contributed by atoms with E-state index in [-0.39, 0.29) is 30.4 Å². The minimum absolute atomic E-state index is 0.0222. The van der Waals surface area contributed by atoms with Gasteiger partial charge in [-0.15, -0.1) is 0 Å². The lowest BCUT2D eigenvalue weighted by atomic mass is 9.91. The molecule has 5 heterocycles. The predicted molar refractivity (Wildman–Crippen MR) is 157 cm³/mol. The second-order valence-electron chi connectivity index (χ2n) is 11.0. The summed E-state index contributed by atoms with van der Waals surface area (Å²) in [5, 5.41) is 7.20. The van der Waals surface area contributed by atoms with Crippen LogP contribution in [0.15, 0.2) is 61.5 Å². The van der Waals surface area contributed by atoms with Crippen molar-refractivity contribution in [3.05, 3.63) is 89.1 Å². The number of rotatable bonds is 3. The zero-order chi connectivity index (χ0) is 31.9. The third kappa shape index (κ3) is 6.04. The largest absolute Gasteiger partial charge is 0.417 e. The Morgan fingerprint density at radius 1 is 1.09 bits per heavy atom. The molecule has 0 saturated heterocycles. The Kier molecular flexibility index (Phi) is 8.12. The van der Waals surface area contributed by atoms with Crippen molar-refractivity contribution >= 4 is 34.7 Å². The van der Waals surface area contributed by atoms with E-state index in [0.29, 0.717) is 47.6 Å². The molecule has 232 valence electrons. The Bertz CT molecular complexity index is 1810. The number of hydrogen-bond donors (Lipinski definition) is 1. The lowest BCUT2D eigenvalue weighted by Gasteiger charge is -2.35. The van der Waals surface area contributed by atoms with Crippen LogP contribution < -0.4 is 5.32 Å². The van der Waals surface area contributed by atoms with Crippen LogP contribution in [0.2, 0.25) is 5.02 Å². The van der Waals surface area contributed by atoms with E-state index >= 15 is 0 Å². The Labute approximate surface area is 260 Å². The Hall–Kier alpha value is -4.65. The van der Waals surface area contributed by atoms with Gasteiger partial charge in [0.05, 0.1) is 46.6 Å². The first-order chi connectivity index (χ1) is 21.5. The molecule has 9 nitrogen and oxygen atoms in total. The summed E-state index contributed by atoms with van der Waals surface area (Å²) in [5.74, 6) is -2.36. The van der Waals surface area contributed by atoms with Crippen LogP contribution in [-0.2, 0) is 15.8 Å². The predicted octanol–water partition coefficient (Wildman–Crippen LogP) is 6.65. The molecule has 6 rings (SSSR count). The molecule has 1 N–H and O–H groups in total. The molecule has 0 fully saturated rings. The molecule has 1 aromatic carbocycles. The summed E-state index contributed by atoms with van der Waals surface area (Å²) in [6.45, 7) is 1.83. The molecule has 45 heavy (non-hydrogen) atoms. The van der Waals surface area contributed by atoms with Crippen molar-refractivity contribution in [1.29, 1.82) is 0 Å². The zero-order valence-electron chi connectivity index (χ0n) is 23.9. The Morgan fingerprint density at radius 2 is 1.87 bits per heavy atom. The van der Waals surface area contributed by atoms with E-state index in [9.17, 15) is 27.2 Å². The van der Waals surface area contributed by atoms with Gasteiger partial charge in [0.1, 0.15) is 23.5 Å². The highest BCUT2D eigenvalue weighted by Crippen LogP contribution is 2.42. The first-order valence-corrected chi connectivity index (χ1v) is 14.6. The van der Waals surface area contributed by atoms with Crippen LogP contribution in [0.25, 0.3) is 22.5 Å². The molecule has 2 atom stereocenters. The van der Waals surface area contributed by atoms with Crippen LogP contribution in [0.5, 0.6) is 0 Å². The van der Waals surface area contributed by atoms with E-state index in [0.717, 1.165) is 18.2 Å². The number of aromatic nitrogens is 5. The molecule has 4 aromatic rings. The highest BCUT2D eigenvalue weighted by molar-refractivity contribution is 6.31. The van der Waals surface area contributed by atoms with Crippen molar-refractivity contribution in [3.8, 4) is 16.9 Å². The lowest BCUT2D eigenvalue weighted by Crippen LogP contribution is -2.38. The molecule has 0 unspecified atom stereocenters. The van der Waals surface area contributed by atoms with Crippen molar-refractivity contribution in [2.24, 2.45) is 5.92 Å². The minimum Gasteiger partial charge on any atom is -0.330 e. The van der Waals surface area contributed by atoms with Crippen LogP contribution in [0, 0.1) is 11.7 Å². The first kappa shape index (κ1) is 30.4. The van der Waals surface area contributed by atoms with Crippen molar-refractivity contribution in [1.82, 2.24) is 29.6 Å². The SMILES string of the molecule is C[C@@H]1CCC[C@H](N2CCC(c3c(C(F)(F)F)ccc(Cl)c3F)=CC2=O)c2cc(ccn2)-c2nn(-c3cncnc3)cc2NC1=O. The maximum Gasteiger partial charge on any atom is 0.417 e. The second kappa shape index (κ2) is 12.0. The van der Waals surface area contributed by atoms with Crippen LogP contribution >= 0.6 is 11.6 Å². The fourth-order valence-electron chi connectivity index (χ4n) is 5.73. The molecule has 2 aliphatic heterocycles. The monoisotopic (exact) mass is 639 g/mol. The quantitative estimate of drug-likeness (QED) is 0.252. The number of fused-ring (bicyclic) bond motifs is 4. The number of nitrogens with one attached hydrogen (secondary N) is 1. The normalized spacial score (nSPS) is 19.2. The molecular formula is C31H26ClF4N7O2. The van der Waals surface area contributed by atoms with Crippen LogP contribution in [-0.4, -0.2) is 48.0 Å². The maximum atomic E-state index is 15.0. The fraction of sp³-hybridized carbons (Fsp3) is 0.290. The molecule has 0 spiro atoms. The summed E-state index contributed by atoms with van der Waals surface area (Å²) in [5.41, 5.74) is 0.696. The van der Waals surface area contributed by atoms with Crippen LogP contribution in [0.4, 0.5) is 23.2 Å². The standard InChI is InChI=1S/C31H26ClF4N7O2/c1-17-3-2-4-25(42-10-8-18(12-26(42)44)27-21(31(34,35)36)5-6-22(32)28(27)33)23-11-19(7-9-39-23)29-24(40-30(17)45)15-43(41-29)20-13-37-16-38-14-20/h5-7,9,11-17,25H,2-4,8,10H2,1H3,(H,40,45)/t17-,25+/m1/s1. The van der Waals surface area contributed by atoms with Crippen LogP contribution in [0.3, 0.4) is 0 Å². The molecule has 2 bridgehead atoms. The molecule has 14 heteroatoms. The smallest absolute Gasteiger partial charge is 0.330 e. The molecule has 2 amide bonds. The first-order valence-electron chi connectivity index (χ1n) is 14.2. The van der Waals surface area contributed by atoms with Crippen molar-refractivity contribution in [2.45, 2.75) is 44.8 Å². The number of alkyl halides is 3. The third-order valence-electron chi connectivity index (χ3n) is 8.04. The average molecular weight is 640 g/mol. The molecule has 3 aromatic heterocycles. The number of amides is 2. The number of halogens is 5. The summed E-state index contributed by atoms with van der Waals surface area (Å²) in [6.07, 6.45) is 5.47. The van der Waals surface area contributed by atoms with Gasteiger partial charge in [0, 0.05) is 35.9 Å². The summed E-state index contributed by atoms with van der Waals surface area (Å²) in [7, 11) is 0. The van der Waals surface area contributed by atoms with Gasteiger partial charge in [-0.05, 0) is 49.1 Å². The topological polar surface area (TPSA) is 106 Å². The van der Waals surface area contributed by atoms with Gasteiger partial charge >= 0.3 is 6.18 Å². The van der Waals surface area contributed by atoms with Crippen molar-refractivity contribution in [2.75, 3.05) is 11.9 Å². The second-order valence-corrected chi connectivity index (χ2v) is 11.4. The van der Waals surface area contributed by atoms with E-state index in [2.05, 4.69) is 25.4 Å². The highest BCUT2D eigenvalue weighted by Gasteiger charge is 2.38. The average Bonchev–Trinajstić information content (AvgIpc) is 3.44. The fourth-order valence-corrected chi connectivity index (χ4v) is 5.89. The van der Waals surface area contributed by atoms with Crippen LogP contribution in [0.1, 0.15) is 55.5 Å². The van der Waals surface area contributed by atoms with E-state index < -0.39 is 40.1 Å².